The zero-order chi connectivity index (χ0) is 53.6. The second kappa shape index (κ2) is 26.0. The largest absolute Gasteiger partial charge is 0.463 e. The smallest absolute Gasteiger partial charge is 0.407 e. The number of alkyl carbamates (subject to hydrolysis) is 1. The summed E-state index contributed by atoms with van der Waals surface area (Å²) in [4.78, 5) is 115. The maximum Gasteiger partial charge on any atom is 0.407 e. The van der Waals surface area contributed by atoms with Gasteiger partial charge in [0.15, 0.2) is 49.1 Å². The van der Waals surface area contributed by atoms with E-state index in [9.17, 15) is 43.2 Å². The van der Waals surface area contributed by atoms with Gasteiger partial charge < -0.3 is 66.9 Å². The van der Waals surface area contributed by atoms with Crippen LogP contribution < -0.4 is 5.32 Å². The summed E-state index contributed by atoms with van der Waals surface area (Å²) in [5.74, 6) is -7.79. The second-order valence-electron chi connectivity index (χ2n) is 17.1. The van der Waals surface area contributed by atoms with Gasteiger partial charge in [0.05, 0.1) is 6.61 Å². The molecule has 6 rings (SSSR count). The van der Waals surface area contributed by atoms with Crippen LogP contribution >= 0.6 is 0 Å². The molecule has 0 bridgehead atoms. The van der Waals surface area contributed by atoms with Crippen molar-refractivity contribution in [2.45, 2.75) is 128 Å². The zero-order valence-electron chi connectivity index (χ0n) is 41.5. The normalized spacial score (nSPS) is 24.3. The molecule has 74 heavy (non-hydrogen) atoms. The highest BCUT2D eigenvalue weighted by molar-refractivity contribution is 5.82. The molecule has 398 valence electrons. The molecule has 0 saturated carbocycles. The summed E-state index contributed by atoms with van der Waals surface area (Å²) in [7, 11) is 0. The second-order valence-corrected chi connectivity index (χ2v) is 17.1. The number of amides is 1. The zero-order valence-corrected chi connectivity index (χ0v) is 41.5. The van der Waals surface area contributed by atoms with E-state index in [0.29, 0.717) is 5.56 Å². The number of hydrogen-bond donors (Lipinski definition) is 1. The van der Waals surface area contributed by atoms with E-state index < -0.39 is 141 Å². The van der Waals surface area contributed by atoms with E-state index in [1.807, 2.05) is 48.5 Å². The molecule has 11 atom stereocenters. The van der Waals surface area contributed by atoms with Crippen molar-refractivity contribution in [3.63, 3.8) is 0 Å². The number of hydrogen-bond acceptors (Lipinski definition) is 22. The summed E-state index contributed by atoms with van der Waals surface area (Å²) in [6, 6.07) is 22.3. The molecule has 2 heterocycles. The third-order valence-corrected chi connectivity index (χ3v) is 11.5. The van der Waals surface area contributed by atoms with Gasteiger partial charge in [-0.2, -0.15) is 0 Å². The Morgan fingerprint density at radius 1 is 0.473 bits per heavy atom. The van der Waals surface area contributed by atoms with Crippen molar-refractivity contribution in [3.05, 3.63) is 95.6 Å². The average Bonchev–Trinajstić information content (AvgIpc) is 3.66. The lowest BCUT2D eigenvalue weighted by molar-refractivity contribution is -0.361. The molecule has 0 aromatic heterocycles. The van der Waals surface area contributed by atoms with Gasteiger partial charge >= 0.3 is 53.8 Å². The summed E-state index contributed by atoms with van der Waals surface area (Å²) in [6.07, 6.45) is -18.4. The molecule has 0 unspecified atom stereocenters. The Labute approximate surface area is 424 Å². The van der Waals surface area contributed by atoms with E-state index >= 15 is 0 Å². The highest BCUT2D eigenvalue weighted by Gasteiger charge is 2.58. The lowest BCUT2D eigenvalue weighted by Gasteiger charge is -2.48. The highest BCUT2D eigenvalue weighted by atomic mass is 16.8. The number of carbonyl (C=O) groups is 9. The number of carbonyl (C=O) groups excluding carboxylic acids is 9. The SMILES string of the molecule is CC(=O)OC[C@H]1O[C@H](O[C@H]2[C@H](OC(C)=O)[C@@H](OC(C)=O)[C@H](OC[C@H](NC(=O)OCC3c4ccccc4-c4ccccc43)C(=O)OCc3ccccc3)O[C@@H]2COC(C)=O)[C@H](OC(C)=O)[C@@H](OC(C)=O)[C@@H]1OC(C)=O. The quantitative estimate of drug-likeness (QED) is 0.125. The lowest BCUT2D eigenvalue weighted by atomic mass is 9.96. The Hall–Kier alpha value is -7.47. The molecule has 3 aromatic rings. The summed E-state index contributed by atoms with van der Waals surface area (Å²) in [5.41, 5.74) is 4.42. The van der Waals surface area contributed by atoms with Gasteiger partial charge in [-0.15, -0.1) is 0 Å². The summed E-state index contributed by atoms with van der Waals surface area (Å²) < 4.78 is 74.7. The van der Waals surface area contributed by atoms with Gasteiger partial charge in [0.2, 0.25) is 0 Å². The lowest BCUT2D eigenvalue weighted by Crippen LogP contribution is -2.67. The molecule has 23 nitrogen and oxygen atoms in total. The van der Waals surface area contributed by atoms with Crippen LogP contribution in [0.25, 0.3) is 11.1 Å². The van der Waals surface area contributed by atoms with Gasteiger partial charge in [0.1, 0.15) is 44.7 Å². The first-order chi connectivity index (χ1) is 35.3. The van der Waals surface area contributed by atoms with Crippen LogP contribution in [0.5, 0.6) is 0 Å². The van der Waals surface area contributed by atoms with Crippen molar-refractivity contribution in [1.82, 2.24) is 5.32 Å². The van der Waals surface area contributed by atoms with E-state index in [2.05, 4.69) is 5.32 Å². The third-order valence-electron chi connectivity index (χ3n) is 11.5. The minimum atomic E-state index is -1.93. The fourth-order valence-electron chi connectivity index (χ4n) is 8.58. The van der Waals surface area contributed by atoms with Crippen LogP contribution in [-0.2, 0) is 107 Å². The third kappa shape index (κ3) is 15.1. The van der Waals surface area contributed by atoms with Crippen molar-refractivity contribution >= 4 is 53.8 Å². The van der Waals surface area contributed by atoms with Crippen LogP contribution in [0.3, 0.4) is 0 Å². The van der Waals surface area contributed by atoms with Gasteiger partial charge in [-0.05, 0) is 27.8 Å². The molecule has 1 N–H and O–H groups in total. The summed E-state index contributed by atoms with van der Waals surface area (Å²) >= 11 is 0. The van der Waals surface area contributed by atoms with Gasteiger partial charge in [-0.1, -0.05) is 78.9 Å². The molecule has 2 fully saturated rings. The van der Waals surface area contributed by atoms with Crippen LogP contribution in [0.2, 0.25) is 0 Å². The standard InChI is InChI=1S/C51H57NO22/c1-26(53)62-24-40-42(67-28(3)55)44(68-29(4)56)47(71-32(7)59)50(73-40)74-43-41(25-63-27(2)54)72-49(46(70-31(6)58)45(43)69-30(5)57)65-23-39(48(60)64-21-33-15-9-8-10-16-33)52-51(61)66-22-38-36-19-13-11-17-34(36)35-18-12-14-20-37(35)38/h8-20,38-47,49-50H,21-25H2,1-7H3,(H,52,61)/t39-,40+,41+,42+,43+,44-,45-,46+,47+,49+,50+/m0/s1. The Balaban J connectivity index is 1.31. The molecule has 0 spiro atoms. The van der Waals surface area contributed by atoms with Crippen molar-refractivity contribution in [1.29, 1.82) is 0 Å². The minimum absolute atomic E-state index is 0.129. The van der Waals surface area contributed by atoms with E-state index in [0.717, 1.165) is 70.7 Å². The number of esters is 8. The van der Waals surface area contributed by atoms with Crippen LogP contribution in [0.15, 0.2) is 78.9 Å². The fraction of sp³-hybridized carbons (Fsp3) is 0.471. The predicted octanol–water partition coefficient (Wildman–Crippen LogP) is 3.27. The van der Waals surface area contributed by atoms with Crippen LogP contribution in [0.1, 0.15) is 71.1 Å². The maximum absolute atomic E-state index is 13.9. The van der Waals surface area contributed by atoms with Gasteiger partial charge in [0.25, 0.3) is 0 Å². The van der Waals surface area contributed by atoms with E-state index in [1.165, 1.54) is 0 Å². The highest BCUT2D eigenvalue weighted by Crippen LogP contribution is 2.44. The Bertz CT molecular complexity index is 2470. The number of benzene rings is 3. The Morgan fingerprint density at radius 3 is 1.45 bits per heavy atom. The van der Waals surface area contributed by atoms with Gasteiger partial charge in [-0.25, -0.2) is 9.59 Å². The predicted molar refractivity (Wildman–Crippen MR) is 247 cm³/mol. The Morgan fingerprint density at radius 2 is 0.919 bits per heavy atom. The van der Waals surface area contributed by atoms with Crippen LogP contribution in [-0.4, -0.2) is 148 Å². The molecule has 23 heteroatoms. The Kier molecular flexibility index (Phi) is 19.6. The van der Waals surface area contributed by atoms with Crippen molar-refractivity contribution in [2.75, 3.05) is 26.4 Å². The van der Waals surface area contributed by atoms with Gasteiger partial charge in [-0.3, -0.25) is 33.6 Å². The van der Waals surface area contributed by atoms with Crippen molar-refractivity contribution in [3.8, 4) is 11.1 Å². The maximum atomic E-state index is 13.9. The average molecular weight is 1040 g/mol. The van der Waals surface area contributed by atoms with Crippen LogP contribution in [0.4, 0.5) is 4.79 Å². The van der Waals surface area contributed by atoms with Crippen molar-refractivity contribution < 1.29 is 105 Å². The monoisotopic (exact) mass is 1040 g/mol. The molecule has 1 amide bonds. The molecule has 3 aromatic carbocycles. The molecular formula is C51H57NO22. The molecule has 2 aliphatic heterocycles. The molecule has 0 radical (unpaired) electrons. The molecule has 1 aliphatic carbocycles. The van der Waals surface area contributed by atoms with E-state index in [4.69, 9.17) is 61.6 Å². The number of nitrogens with one attached hydrogen (secondary N) is 1. The number of fused-ring (bicyclic) bond motifs is 3. The first-order valence-corrected chi connectivity index (χ1v) is 23.3. The topological polar surface area (TPSA) is 286 Å². The van der Waals surface area contributed by atoms with E-state index in [-0.39, 0.29) is 19.1 Å². The molecular weight excluding hydrogens is 979 g/mol. The van der Waals surface area contributed by atoms with Crippen molar-refractivity contribution in [2.24, 2.45) is 0 Å². The molecule has 2 saturated heterocycles. The summed E-state index contributed by atoms with van der Waals surface area (Å²) in [6.45, 7) is 4.69. The number of ether oxygens (including phenoxy) is 13. The minimum Gasteiger partial charge on any atom is -0.463 e. The van der Waals surface area contributed by atoms with E-state index in [1.54, 1.807) is 30.3 Å². The molecule has 3 aliphatic rings. The fourth-order valence-corrected chi connectivity index (χ4v) is 8.58. The first kappa shape index (κ1) is 55.8. The summed E-state index contributed by atoms with van der Waals surface area (Å²) in [5, 5.41) is 2.49. The van der Waals surface area contributed by atoms with Gasteiger partial charge in [0, 0.05) is 54.4 Å². The first-order valence-electron chi connectivity index (χ1n) is 23.3. The van der Waals surface area contributed by atoms with Crippen LogP contribution in [0, 0.1) is 0 Å². The number of rotatable bonds is 20.